The second kappa shape index (κ2) is 6.64. The van der Waals surface area contributed by atoms with Crippen molar-refractivity contribution in [3.8, 4) is 0 Å². The van der Waals surface area contributed by atoms with Crippen LogP contribution in [-0.4, -0.2) is 33.1 Å². The molecule has 1 atom stereocenters. The molecular formula is C19H18N4OS. The first-order valence-electron chi connectivity index (χ1n) is 8.29. The van der Waals surface area contributed by atoms with Gasteiger partial charge in [0, 0.05) is 24.7 Å². The van der Waals surface area contributed by atoms with E-state index in [2.05, 4.69) is 44.5 Å². The zero-order valence-corrected chi connectivity index (χ0v) is 14.4. The van der Waals surface area contributed by atoms with E-state index in [0.29, 0.717) is 21.9 Å². The highest BCUT2D eigenvalue weighted by Crippen LogP contribution is 2.27. The average Bonchev–Trinajstić information content (AvgIpc) is 3.13. The molecule has 5 nitrogen and oxygen atoms in total. The molecule has 1 aromatic heterocycles. The third-order valence-corrected chi connectivity index (χ3v) is 5.00. The molecule has 1 aliphatic heterocycles. The van der Waals surface area contributed by atoms with Crippen molar-refractivity contribution in [3.05, 3.63) is 70.8 Å². The number of benzene rings is 2. The number of likely N-dealkylation sites (tertiary alicyclic amines) is 1. The largest absolute Gasteiger partial charge is 0.348 e. The van der Waals surface area contributed by atoms with Gasteiger partial charge in [0.2, 0.25) is 0 Å². The topological polar surface area (TPSA) is 61.0 Å². The summed E-state index contributed by atoms with van der Waals surface area (Å²) in [6, 6.07) is 16.1. The lowest BCUT2D eigenvalue weighted by molar-refractivity contribution is 0.518. The molecule has 6 heteroatoms. The molecule has 2 heterocycles. The van der Waals surface area contributed by atoms with Gasteiger partial charge in [0.05, 0.1) is 17.2 Å². The summed E-state index contributed by atoms with van der Waals surface area (Å²) in [5, 5.41) is 4.50. The maximum Gasteiger partial charge on any atom is 0.258 e. The van der Waals surface area contributed by atoms with Gasteiger partial charge in [-0.1, -0.05) is 30.3 Å². The first-order chi connectivity index (χ1) is 12.2. The third-order valence-electron chi connectivity index (χ3n) is 4.64. The van der Waals surface area contributed by atoms with Gasteiger partial charge in [-0.05, 0) is 42.4 Å². The summed E-state index contributed by atoms with van der Waals surface area (Å²) in [6.45, 7) is 1.84. The quantitative estimate of drug-likeness (QED) is 0.696. The van der Waals surface area contributed by atoms with Crippen LogP contribution in [0.1, 0.15) is 17.9 Å². The predicted molar refractivity (Wildman–Crippen MR) is 104 cm³/mol. The molecule has 1 saturated heterocycles. The van der Waals surface area contributed by atoms with Crippen LogP contribution >= 0.6 is 12.2 Å². The fourth-order valence-electron chi connectivity index (χ4n) is 3.29. The minimum absolute atomic E-state index is 0.148. The van der Waals surface area contributed by atoms with Crippen molar-refractivity contribution < 1.29 is 0 Å². The van der Waals surface area contributed by atoms with Gasteiger partial charge >= 0.3 is 0 Å². The molecule has 1 unspecified atom stereocenters. The Morgan fingerprint density at radius 2 is 2.08 bits per heavy atom. The smallest absolute Gasteiger partial charge is 0.258 e. The average molecular weight is 350 g/mol. The van der Waals surface area contributed by atoms with Gasteiger partial charge < -0.3 is 15.2 Å². The van der Waals surface area contributed by atoms with E-state index < -0.39 is 0 Å². The number of nitrogens with one attached hydrogen (secondary N) is 2. The second-order valence-electron chi connectivity index (χ2n) is 6.24. The number of nitrogens with zero attached hydrogens (tertiary/aromatic N) is 2. The van der Waals surface area contributed by atoms with Crippen molar-refractivity contribution in [2.24, 2.45) is 0 Å². The predicted octanol–water partition coefficient (Wildman–Crippen LogP) is 3.11. The van der Waals surface area contributed by atoms with Crippen LogP contribution in [0.25, 0.3) is 10.9 Å². The molecule has 2 aromatic carbocycles. The summed E-state index contributed by atoms with van der Waals surface area (Å²) in [5.74, 6) is 0.504. The van der Waals surface area contributed by atoms with Gasteiger partial charge in [0.1, 0.15) is 0 Å². The summed E-state index contributed by atoms with van der Waals surface area (Å²) < 4.78 is 0. The lowest BCUT2D eigenvalue weighted by atomic mass is 9.99. The van der Waals surface area contributed by atoms with Crippen molar-refractivity contribution in [2.45, 2.75) is 12.3 Å². The van der Waals surface area contributed by atoms with Crippen LogP contribution in [0.4, 0.5) is 5.69 Å². The zero-order chi connectivity index (χ0) is 17.2. The number of hydrogen-bond acceptors (Lipinski definition) is 3. The van der Waals surface area contributed by atoms with Gasteiger partial charge in [0.25, 0.3) is 5.56 Å². The van der Waals surface area contributed by atoms with E-state index in [9.17, 15) is 4.79 Å². The Bertz CT molecular complexity index is 970. The highest BCUT2D eigenvalue weighted by Gasteiger charge is 2.25. The lowest BCUT2D eigenvalue weighted by Crippen LogP contribution is -2.32. The molecular weight excluding hydrogens is 332 g/mol. The molecule has 1 aliphatic rings. The van der Waals surface area contributed by atoms with Crippen LogP contribution in [0.5, 0.6) is 0 Å². The molecule has 3 aromatic rings. The Kier molecular flexibility index (Phi) is 4.19. The van der Waals surface area contributed by atoms with Crippen LogP contribution in [0.3, 0.4) is 0 Å². The Labute approximate surface area is 150 Å². The van der Waals surface area contributed by atoms with Crippen molar-refractivity contribution in [1.29, 1.82) is 0 Å². The fourth-order valence-corrected chi connectivity index (χ4v) is 3.57. The maximum absolute atomic E-state index is 11.9. The minimum atomic E-state index is -0.148. The van der Waals surface area contributed by atoms with E-state index in [1.54, 1.807) is 6.07 Å². The highest BCUT2D eigenvalue weighted by molar-refractivity contribution is 7.80. The van der Waals surface area contributed by atoms with Gasteiger partial charge in [-0.3, -0.25) is 4.79 Å². The summed E-state index contributed by atoms with van der Waals surface area (Å²) in [7, 11) is 0. The van der Waals surface area contributed by atoms with Crippen LogP contribution in [0, 0.1) is 0 Å². The van der Waals surface area contributed by atoms with Crippen LogP contribution in [0.2, 0.25) is 0 Å². The van der Waals surface area contributed by atoms with Gasteiger partial charge in [-0.2, -0.15) is 0 Å². The van der Waals surface area contributed by atoms with E-state index in [1.807, 2.05) is 18.2 Å². The first-order valence-corrected chi connectivity index (χ1v) is 8.70. The standard InChI is InChI=1S/C19H18N4OS/c24-18-16-10-15(6-7-17(16)20-12-21-18)22-19(25)23-9-8-14(11-23)13-4-2-1-3-5-13/h1-7,10,12,14H,8-9,11H2,(H,22,25)(H,20,21,24). The molecule has 0 amide bonds. The number of anilines is 1. The number of fused-ring (bicyclic) bond motifs is 1. The zero-order valence-electron chi connectivity index (χ0n) is 13.6. The highest BCUT2D eigenvalue weighted by atomic mass is 32.1. The van der Waals surface area contributed by atoms with E-state index in [4.69, 9.17) is 12.2 Å². The number of thiocarbonyl (C=S) groups is 1. The number of aromatic amines is 1. The molecule has 0 bridgehead atoms. The van der Waals surface area contributed by atoms with Crippen molar-refractivity contribution in [1.82, 2.24) is 14.9 Å². The summed E-state index contributed by atoms with van der Waals surface area (Å²) in [6.07, 6.45) is 2.50. The van der Waals surface area contributed by atoms with Gasteiger partial charge in [-0.25, -0.2) is 4.98 Å². The number of hydrogen-bond donors (Lipinski definition) is 2. The summed E-state index contributed by atoms with van der Waals surface area (Å²) >= 11 is 5.57. The molecule has 126 valence electrons. The molecule has 25 heavy (non-hydrogen) atoms. The number of H-pyrrole nitrogens is 1. The molecule has 0 saturated carbocycles. The molecule has 1 fully saturated rings. The molecule has 2 N–H and O–H groups in total. The SMILES string of the molecule is O=c1[nH]cnc2ccc(NC(=S)N3CCC(c4ccccc4)C3)cc12. The first kappa shape index (κ1) is 15.8. The lowest BCUT2D eigenvalue weighted by Gasteiger charge is -2.21. The second-order valence-corrected chi connectivity index (χ2v) is 6.62. The molecule has 0 aliphatic carbocycles. The van der Waals surface area contributed by atoms with Gasteiger partial charge in [-0.15, -0.1) is 0 Å². The van der Waals surface area contributed by atoms with Crippen LogP contribution in [-0.2, 0) is 0 Å². The fraction of sp³-hybridized carbons (Fsp3) is 0.211. The number of rotatable bonds is 2. The number of aromatic nitrogens is 2. The van der Waals surface area contributed by atoms with E-state index in [1.165, 1.54) is 11.9 Å². The minimum Gasteiger partial charge on any atom is -0.348 e. The summed E-state index contributed by atoms with van der Waals surface area (Å²) in [4.78, 5) is 20.8. The molecule has 0 radical (unpaired) electrons. The maximum atomic E-state index is 11.9. The normalized spacial score (nSPS) is 17.0. The monoisotopic (exact) mass is 350 g/mol. The van der Waals surface area contributed by atoms with Crippen LogP contribution in [0.15, 0.2) is 59.7 Å². The van der Waals surface area contributed by atoms with E-state index >= 15 is 0 Å². The third kappa shape index (κ3) is 3.25. The Morgan fingerprint density at radius 3 is 2.92 bits per heavy atom. The van der Waals surface area contributed by atoms with E-state index in [0.717, 1.165) is 25.2 Å². The molecule has 0 spiro atoms. The summed E-state index contributed by atoms with van der Waals surface area (Å²) in [5.41, 5.74) is 2.69. The Hall–Kier alpha value is -2.73. The van der Waals surface area contributed by atoms with E-state index in [-0.39, 0.29) is 5.56 Å². The Morgan fingerprint density at radius 1 is 1.24 bits per heavy atom. The Balaban J connectivity index is 1.47. The van der Waals surface area contributed by atoms with Crippen molar-refractivity contribution in [2.75, 3.05) is 18.4 Å². The molecule has 4 rings (SSSR count). The van der Waals surface area contributed by atoms with Gasteiger partial charge in [0.15, 0.2) is 5.11 Å². The van der Waals surface area contributed by atoms with Crippen molar-refractivity contribution >= 4 is 33.9 Å². The van der Waals surface area contributed by atoms with Crippen LogP contribution < -0.4 is 10.9 Å². The van der Waals surface area contributed by atoms with Crippen molar-refractivity contribution in [3.63, 3.8) is 0 Å².